The summed E-state index contributed by atoms with van der Waals surface area (Å²) in [4.78, 5) is 23.5. The fourth-order valence-corrected chi connectivity index (χ4v) is 3.32. The minimum atomic E-state index is -1.01. The molecule has 29 heavy (non-hydrogen) atoms. The number of aromatic carboxylic acids is 1. The van der Waals surface area contributed by atoms with Crippen molar-refractivity contribution in [1.29, 1.82) is 0 Å². The van der Waals surface area contributed by atoms with Gasteiger partial charge in [-0.3, -0.25) is 4.79 Å². The minimum Gasteiger partial charge on any atom is -0.487 e. The number of carboxylic acid groups (broad SMARTS) is 1. The van der Waals surface area contributed by atoms with Gasteiger partial charge in [-0.15, -0.1) is 0 Å². The molecule has 0 saturated carbocycles. The van der Waals surface area contributed by atoms with Crippen LogP contribution in [0.2, 0.25) is 10.0 Å². The van der Waals surface area contributed by atoms with Crippen LogP contribution in [0.3, 0.4) is 0 Å². The molecular weight excluding hydrogens is 420 g/mol. The summed E-state index contributed by atoms with van der Waals surface area (Å²) in [5.74, 6) is -1.14. The smallest absolute Gasteiger partial charge is 0.335 e. The third-order valence-corrected chi connectivity index (χ3v) is 4.90. The second-order valence-electron chi connectivity index (χ2n) is 6.24. The van der Waals surface area contributed by atoms with E-state index in [0.717, 1.165) is 5.56 Å². The summed E-state index contributed by atoms with van der Waals surface area (Å²) in [5.41, 5.74) is 1.01. The molecule has 1 N–H and O–H groups in total. The maximum absolute atomic E-state index is 13.3. The number of pyridine rings is 1. The molecule has 0 atom stereocenters. The highest BCUT2D eigenvalue weighted by Gasteiger charge is 2.14. The van der Waals surface area contributed by atoms with E-state index in [1.54, 1.807) is 18.2 Å². The predicted octanol–water partition coefficient (Wildman–Crippen LogP) is 4.81. The van der Waals surface area contributed by atoms with Crippen molar-refractivity contribution in [2.75, 3.05) is 0 Å². The monoisotopic (exact) mass is 435 g/mol. The van der Waals surface area contributed by atoms with Crippen LogP contribution in [0.25, 0.3) is 0 Å². The van der Waals surface area contributed by atoms with Gasteiger partial charge in [-0.2, -0.15) is 0 Å². The van der Waals surface area contributed by atoms with Gasteiger partial charge in [0.25, 0.3) is 5.56 Å². The summed E-state index contributed by atoms with van der Waals surface area (Å²) in [5, 5.41) is 9.21. The fourth-order valence-electron chi connectivity index (χ4n) is 2.78. The zero-order chi connectivity index (χ0) is 21.0. The molecule has 1 heterocycles. The van der Waals surface area contributed by atoms with Crippen LogP contribution in [-0.4, -0.2) is 15.6 Å². The molecule has 0 bridgehead atoms. The van der Waals surface area contributed by atoms with E-state index in [1.807, 2.05) is 0 Å². The van der Waals surface area contributed by atoms with Gasteiger partial charge in [-0.1, -0.05) is 41.4 Å². The molecule has 3 rings (SSSR count). The van der Waals surface area contributed by atoms with E-state index in [9.17, 15) is 14.0 Å². The Hall–Kier alpha value is -2.83. The second kappa shape index (κ2) is 9.11. The molecule has 3 aromatic rings. The van der Waals surface area contributed by atoms with Crippen LogP contribution in [0.1, 0.15) is 21.6 Å². The molecular formula is C21H16Cl2FNO4. The third-order valence-electron chi connectivity index (χ3n) is 4.30. The molecule has 2 aromatic carbocycles. The van der Waals surface area contributed by atoms with Crippen LogP contribution < -0.4 is 10.3 Å². The number of nitrogens with zero attached hydrogens (tertiary/aromatic N) is 1. The number of hydrogen-bond acceptors (Lipinski definition) is 3. The van der Waals surface area contributed by atoms with Crippen LogP contribution in [-0.2, 0) is 19.6 Å². The van der Waals surface area contributed by atoms with Gasteiger partial charge < -0.3 is 14.4 Å². The molecule has 5 nitrogen and oxygen atoms in total. The van der Waals surface area contributed by atoms with Crippen LogP contribution in [0.5, 0.6) is 5.75 Å². The Morgan fingerprint density at radius 1 is 1.07 bits per heavy atom. The SMILES string of the molecule is O=C(O)c1ccc(CCn2c(COc3cccc(F)c3)c(Cl)cc(Cl)c2=O)cc1. The molecule has 0 fully saturated rings. The highest BCUT2D eigenvalue weighted by molar-refractivity contribution is 6.34. The van der Waals surface area contributed by atoms with Gasteiger partial charge >= 0.3 is 5.97 Å². The van der Waals surface area contributed by atoms with E-state index in [2.05, 4.69) is 0 Å². The van der Waals surface area contributed by atoms with E-state index in [-0.39, 0.29) is 28.8 Å². The highest BCUT2D eigenvalue weighted by atomic mass is 35.5. The van der Waals surface area contributed by atoms with E-state index in [4.69, 9.17) is 33.0 Å². The van der Waals surface area contributed by atoms with Crippen molar-refractivity contribution < 1.29 is 19.0 Å². The summed E-state index contributed by atoms with van der Waals surface area (Å²) in [7, 11) is 0. The lowest BCUT2D eigenvalue weighted by Gasteiger charge is -2.16. The molecule has 0 aliphatic carbocycles. The highest BCUT2D eigenvalue weighted by Crippen LogP contribution is 2.21. The second-order valence-corrected chi connectivity index (χ2v) is 7.06. The van der Waals surface area contributed by atoms with E-state index in [1.165, 1.54) is 41.0 Å². The van der Waals surface area contributed by atoms with Gasteiger partial charge in [0, 0.05) is 12.6 Å². The maximum atomic E-state index is 13.3. The first-order valence-electron chi connectivity index (χ1n) is 8.63. The number of ether oxygens (including phenoxy) is 1. The Kier molecular flexibility index (Phi) is 6.56. The minimum absolute atomic E-state index is 0.0225. The lowest BCUT2D eigenvalue weighted by molar-refractivity contribution is 0.0697. The predicted molar refractivity (Wildman–Crippen MR) is 109 cm³/mol. The molecule has 0 aliphatic heterocycles. The number of halogens is 3. The zero-order valence-corrected chi connectivity index (χ0v) is 16.6. The average molecular weight is 436 g/mol. The van der Waals surface area contributed by atoms with E-state index < -0.39 is 17.3 Å². The van der Waals surface area contributed by atoms with Gasteiger partial charge in [-0.25, -0.2) is 9.18 Å². The van der Waals surface area contributed by atoms with Crippen LogP contribution in [0, 0.1) is 5.82 Å². The number of hydrogen-bond donors (Lipinski definition) is 1. The van der Waals surface area contributed by atoms with E-state index in [0.29, 0.717) is 17.9 Å². The lowest BCUT2D eigenvalue weighted by Crippen LogP contribution is -2.26. The number of aryl methyl sites for hydroxylation is 1. The molecule has 0 amide bonds. The summed E-state index contributed by atoms with van der Waals surface area (Å²) in [6.45, 7) is 0.208. The number of carboxylic acids is 1. The summed E-state index contributed by atoms with van der Waals surface area (Å²) in [6.07, 6.45) is 0.448. The topological polar surface area (TPSA) is 68.5 Å². The first-order chi connectivity index (χ1) is 13.8. The molecule has 0 unspecified atom stereocenters. The third kappa shape index (κ3) is 5.16. The number of carbonyl (C=O) groups is 1. The maximum Gasteiger partial charge on any atom is 0.335 e. The van der Waals surface area contributed by atoms with Crippen molar-refractivity contribution in [3.05, 3.63) is 97.6 Å². The molecule has 0 spiro atoms. The van der Waals surface area contributed by atoms with Gasteiger partial charge in [-0.05, 0) is 42.3 Å². The molecule has 1 aromatic heterocycles. The summed E-state index contributed by atoms with van der Waals surface area (Å²) < 4.78 is 20.3. The molecule has 0 saturated heterocycles. The Labute approximate surface area is 175 Å². The summed E-state index contributed by atoms with van der Waals surface area (Å²) >= 11 is 12.3. The van der Waals surface area contributed by atoms with Gasteiger partial charge in [0.1, 0.15) is 23.2 Å². The van der Waals surface area contributed by atoms with Crippen molar-refractivity contribution in [3.63, 3.8) is 0 Å². The fraction of sp³-hybridized carbons (Fsp3) is 0.143. The average Bonchev–Trinajstić information content (AvgIpc) is 2.69. The van der Waals surface area contributed by atoms with E-state index >= 15 is 0 Å². The van der Waals surface area contributed by atoms with Crippen molar-refractivity contribution in [1.82, 2.24) is 4.57 Å². The largest absolute Gasteiger partial charge is 0.487 e. The summed E-state index contributed by atoms with van der Waals surface area (Å²) in [6, 6.07) is 13.4. The van der Waals surface area contributed by atoms with Gasteiger partial charge in [0.15, 0.2) is 0 Å². The molecule has 8 heteroatoms. The quantitative estimate of drug-likeness (QED) is 0.577. The van der Waals surface area contributed by atoms with Crippen molar-refractivity contribution in [3.8, 4) is 5.75 Å². The molecule has 0 radical (unpaired) electrons. The van der Waals surface area contributed by atoms with Gasteiger partial charge in [0.05, 0.1) is 16.3 Å². The Bertz CT molecular complexity index is 1100. The molecule has 0 aliphatic rings. The Morgan fingerprint density at radius 2 is 1.79 bits per heavy atom. The normalized spacial score (nSPS) is 10.7. The Morgan fingerprint density at radius 3 is 2.45 bits per heavy atom. The van der Waals surface area contributed by atoms with Crippen LogP contribution in [0.4, 0.5) is 4.39 Å². The lowest BCUT2D eigenvalue weighted by atomic mass is 10.1. The van der Waals surface area contributed by atoms with Crippen molar-refractivity contribution >= 4 is 29.2 Å². The number of aromatic nitrogens is 1. The Balaban J connectivity index is 1.82. The van der Waals surface area contributed by atoms with Crippen LogP contribution in [0.15, 0.2) is 59.4 Å². The standard InChI is InChI=1S/C21H16Cl2FNO4/c22-17-11-18(23)20(26)25(9-8-13-4-6-14(7-5-13)21(27)28)19(17)12-29-16-3-1-2-15(24)10-16/h1-7,10-11H,8-9,12H2,(H,27,28). The first kappa shape index (κ1) is 20.9. The zero-order valence-electron chi connectivity index (χ0n) is 15.1. The van der Waals surface area contributed by atoms with Crippen LogP contribution >= 0.6 is 23.2 Å². The van der Waals surface area contributed by atoms with Crippen molar-refractivity contribution in [2.45, 2.75) is 19.6 Å². The number of benzene rings is 2. The first-order valence-corrected chi connectivity index (χ1v) is 9.39. The van der Waals surface area contributed by atoms with Crippen molar-refractivity contribution in [2.24, 2.45) is 0 Å². The van der Waals surface area contributed by atoms with Gasteiger partial charge in [0.2, 0.25) is 0 Å². The number of rotatable bonds is 7. The molecule has 150 valence electrons.